The second-order valence-corrected chi connectivity index (χ2v) is 3.89. The van der Waals surface area contributed by atoms with E-state index in [-0.39, 0.29) is 6.04 Å². The predicted octanol–water partition coefficient (Wildman–Crippen LogP) is 0.959. The molecule has 74 valence electrons. The van der Waals surface area contributed by atoms with E-state index in [4.69, 9.17) is 11.0 Å². The Bertz CT molecular complexity index is 177. The standard InChI is InChI=1S/C10H19N3/c1-2-9-3-5-13(6-4-9)8-10(12)7-11/h9-10H,2-6,8,12H2,1H3. The van der Waals surface area contributed by atoms with Gasteiger partial charge < -0.3 is 10.6 Å². The van der Waals surface area contributed by atoms with Gasteiger partial charge in [0, 0.05) is 6.54 Å². The molecular weight excluding hydrogens is 162 g/mol. The zero-order chi connectivity index (χ0) is 9.68. The van der Waals surface area contributed by atoms with Gasteiger partial charge in [-0.2, -0.15) is 5.26 Å². The Morgan fingerprint density at radius 3 is 2.62 bits per heavy atom. The van der Waals surface area contributed by atoms with E-state index in [1.54, 1.807) is 0 Å². The van der Waals surface area contributed by atoms with Gasteiger partial charge in [0.25, 0.3) is 0 Å². The highest BCUT2D eigenvalue weighted by Crippen LogP contribution is 2.19. The minimum absolute atomic E-state index is 0.307. The molecule has 1 heterocycles. The number of likely N-dealkylation sites (tertiary alicyclic amines) is 1. The molecule has 0 saturated carbocycles. The second-order valence-electron chi connectivity index (χ2n) is 3.89. The molecule has 0 bridgehead atoms. The number of hydrogen-bond donors (Lipinski definition) is 1. The molecule has 0 aromatic carbocycles. The van der Waals surface area contributed by atoms with Gasteiger partial charge in [-0.1, -0.05) is 13.3 Å². The lowest BCUT2D eigenvalue weighted by molar-refractivity contribution is 0.179. The molecule has 1 unspecified atom stereocenters. The number of nitrogens with zero attached hydrogens (tertiary/aromatic N) is 2. The first-order chi connectivity index (χ1) is 6.26. The summed E-state index contributed by atoms with van der Waals surface area (Å²) in [6.45, 7) is 5.23. The lowest BCUT2D eigenvalue weighted by atomic mass is 9.94. The fourth-order valence-electron chi connectivity index (χ4n) is 1.90. The van der Waals surface area contributed by atoms with Crippen LogP contribution in [-0.4, -0.2) is 30.6 Å². The maximum atomic E-state index is 8.56. The van der Waals surface area contributed by atoms with Crippen molar-refractivity contribution in [3.63, 3.8) is 0 Å². The molecule has 0 spiro atoms. The van der Waals surface area contributed by atoms with Crippen LogP contribution in [0.25, 0.3) is 0 Å². The largest absolute Gasteiger partial charge is 0.315 e. The average molecular weight is 181 g/mol. The molecule has 3 heteroatoms. The third-order valence-corrected chi connectivity index (χ3v) is 2.91. The zero-order valence-corrected chi connectivity index (χ0v) is 8.37. The summed E-state index contributed by atoms with van der Waals surface area (Å²) in [6, 6.07) is 1.77. The van der Waals surface area contributed by atoms with E-state index in [0.717, 1.165) is 25.6 Å². The third-order valence-electron chi connectivity index (χ3n) is 2.91. The summed E-state index contributed by atoms with van der Waals surface area (Å²) >= 11 is 0. The highest BCUT2D eigenvalue weighted by molar-refractivity contribution is 4.89. The molecule has 3 nitrogen and oxygen atoms in total. The first-order valence-electron chi connectivity index (χ1n) is 5.13. The summed E-state index contributed by atoms with van der Waals surface area (Å²) < 4.78 is 0. The molecule has 0 amide bonds. The molecule has 0 aliphatic carbocycles. The van der Waals surface area contributed by atoms with E-state index in [0.29, 0.717) is 0 Å². The SMILES string of the molecule is CCC1CCN(CC(N)C#N)CC1. The Morgan fingerprint density at radius 2 is 2.15 bits per heavy atom. The van der Waals surface area contributed by atoms with Gasteiger partial charge in [-0.25, -0.2) is 0 Å². The van der Waals surface area contributed by atoms with Crippen LogP contribution < -0.4 is 5.73 Å². The van der Waals surface area contributed by atoms with Crippen molar-refractivity contribution < 1.29 is 0 Å². The first kappa shape index (κ1) is 10.5. The zero-order valence-electron chi connectivity index (χ0n) is 8.37. The molecule has 1 saturated heterocycles. The molecule has 0 aromatic heterocycles. The molecule has 0 aromatic rings. The molecule has 1 rings (SSSR count). The highest BCUT2D eigenvalue weighted by Gasteiger charge is 2.18. The van der Waals surface area contributed by atoms with Crippen LogP contribution in [-0.2, 0) is 0 Å². The molecule has 13 heavy (non-hydrogen) atoms. The second kappa shape index (κ2) is 5.21. The van der Waals surface area contributed by atoms with Crippen LogP contribution in [0.1, 0.15) is 26.2 Å². The average Bonchev–Trinajstić information content (AvgIpc) is 2.19. The fraction of sp³-hybridized carbons (Fsp3) is 0.900. The van der Waals surface area contributed by atoms with Crippen molar-refractivity contribution in [1.82, 2.24) is 4.90 Å². The Hall–Kier alpha value is -0.590. The molecule has 1 fully saturated rings. The van der Waals surface area contributed by atoms with Gasteiger partial charge >= 0.3 is 0 Å². The van der Waals surface area contributed by atoms with E-state index in [1.165, 1.54) is 19.3 Å². The van der Waals surface area contributed by atoms with E-state index in [9.17, 15) is 0 Å². The van der Waals surface area contributed by atoms with Crippen LogP contribution in [0.3, 0.4) is 0 Å². The Morgan fingerprint density at radius 1 is 1.54 bits per heavy atom. The lowest BCUT2D eigenvalue weighted by Gasteiger charge is -2.31. The van der Waals surface area contributed by atoms with Crippen LogP contribution >= 0.6 is 0 Å². The summed E-state index contributed by atoms with van der Waals surface area (Å²) in [6.07, 6.45) is 3.83. The molecular formula is C10H19N3. The Balaban J connectivity index is 2.22. The topological polar surface area (TPSA) is 53.0 Å². The van der Waals surface area contributed by atoms with Gasteiger partial charge in [0.2, 0.25) is 0 Å². The van der Waals surface area contributed by atoms with Gasteiger partial charge in [0.1, 0.15) is 6.04 Å². The molecule has 2 N–H and O–H groups in total. The monoisotopic (exact) mass is 181 g/mol. The van der Waals surface area contributed by atoms with Gasteiger partial charge in [0.05, 0.1) is 6.07 Å². The van der Waals surface area contributed by atoms with Crippen LogP contribution in [0.15, 0.2) is 0 Å². The van der Waals surface area contributed by atoms with Crippen LogP contribution in [0.5, 0.6) is 0 Å². The minimum atomic E-state index is -0.307. The quantitative estimate of drug-likeness (QED) is 0.705. The molecule has 1 aliphatic rings. The van der Waals surface area contributed by atoms with E-state index >= 15 is 0 Å². The van der Waals surface area contributed by atoms with Crippen LogP contribution in [0, 0.1) is 17.2 Å². The lowest BCUT2D eigenvalue weighted by Crippen LogP contribution is -2.41. The van der Waals surface area contributed by atoms with Crippen molar-refractivity contribution in [2.24, 2.45) is 11.7 Å². The molecule has 0 radical (unpaired) electrons. The van der Waals surface area contributed by atoms with Crippen molar-refractivity contribution in [2.75, 3.05) is 19.6 Å². The van der Waals surface area contributed by atoms with Crippen molar-refractivity contribution in [1.29, 1.82) is 5.26 Å². The van der Waals surface area contributed by atoms with Gasteiger partial charge in [-0.3, -0.25) is 0 Å². The van der Waals surface area contributed by atoms with Gasteiger partial charge in [-0.15, -0.1) is 0 Å². The smallest absolute Gasteiger partial charge is 0.106 e. The summed E-state index contributed by atoms with van der Waals surface area (Å²) in [5.74, 6) is 0.898. The third kappa shape index (κ3) is 3.33. The maximum absolute atomic E-state index is 8.56. The van der Waals surface area contributed by atoms with Gasteiger partial charge in [-0.05, 0) is 31.8 Å². The normalized spacial score (nSPS) is 22.5. The Kier molecular flexibility index (Phi) is 4.20. The van der Waals surface area contributed by atoms with E-state index < -0.39 is 0 Å². The first-order valence-corrected chi connectivity index (χ1v) is 5.13. The number of nitriles is 1. The van der Waals surface area contributed by atoms with Crippen molar-refractivity contribution in [2.45, 2.75) is 32.2 Å². The predicted molar refractivity (Wildman–Crippen MR) is 53.0 cm³/mol. The summed E-state index contributed by atoms with van der Waals surface area (Å²) in [4.78, 5) is 2.31. The number of rotatable bonds is 3. The molecule has 1 atom stereocenters. The number of hydrogen-bond acceptors (Lipinski definition) is 3. The summed E-state index contributed by atoms with van der Waals surface area (Å²) in [5.41, 5.74) is 5.57. The van der Waals surface area contributed by atoms with E-state index in [1.807, 2.05) is 0 Å². The maximum Gasteiger partial charge on any atom is 0.106 e. The minimum Gasteiger partial charge on any atom is -0.315 e. The van der Waals surface area contributed by atoms with Crippen molar-refractivity contribution in [3.8, 4) is 6.07 Å². The highest BCUT2D eigenvalue weighted by atomic mass is 15.1. The summed E-state index contributed by atoms with van der Waals surface area (Å²) in [5, 5.41) is 8.56. The fourth-order valence-corrected chi connectivity index (χ4v) is 1.90. The van der Waals surface area contributed by atoms with Crippen LogP contribution in [0.4, 0.5) is 0 Å². The number of piperidine rings is 1. The van der Waals surface area contributed by atoms with Crippen LogP contribution in [0.2, 0.25) is 0 Å². The van der Waals surface area contributed by atoms with Crippen molar-refractivity contribution in [3.05, 3.63) is 0 Å². The molecule has 1 aliphatic heterocycles. The van der Waals surface area contributed by atoms with Gasteiger partial charge in [0.15, 0.2) is 0 Å². The van der Waals surface area contributed by atoms with Crippen molar-refractivity contribution >= 4 is 0 Å². The van der Waals surface area contributed by atoms with E-state index in [2.05, 4.69) is 17.9 Å². The Labute approximate surface area is 80.5 Å². The number of nitrogens with two attached hydrogens (primary N) is 1. The summed E-state index contributed by atoms with van der Waals surface area (Å²) in [7, 11) is 0.